The summed E-state index contributed by atoms with van der Waals surface area (Å²) >= 11 is 0. The number of benzene rings is 1. The molecule has 0 radical (unpaired) electrons. The lowest BCUT2D eigenvalue weighted by atomic mass is 10.1. The Morgan fingerprint density at radius 2 is 2.19 bits per heavy atom. The number of hydrogen-bond donors (Lipinski definition) is 1. The van der Waals surface area contributed by atoms with E-state index in [1.54, 1.807) is 18.2 Å². The summed E-state index contributed by atoms with van der Waals surface area (Å²) in [5.74, 6) is 0.0236. The summed E-state index contributed by atoms with van der Waals surface area (Å²) in [6.07, 6.45) is 1.03. The molecule has 1 aromatic carbocycles. The summed E-state index contributed by atoms with van der Waals surface area (Å²) in [6, 6.07) is 6.84. The maximum absolute atomic E-state index is 13.4. The molecule has 0 bridgehead atoms. The van der Waals surface area contributed by atoms with Gasteiger partial charge in [-0.1, -0.05) is 12.1 Å². The van der Waals surface area contributed by atoms with Gasteiger partial charge in [0.1, 0.15) is 0 Å². The molecule has 1 N–H and O–H groups in total. The zero-order valence-corrected chi connectivity index (χ0v) is 12.6. The molecule has 0 aliphatic carbocycles. The fourth-order valence-electron chi connectivity index (χ4n) is 2.52. The van der Waals surface area contributed by atoms with E-state index in [4.69, 9.17) is 4.74 Å². The average Bonchev–Trinajstić information content (AvgIpc) is 2.48. The summed E-state index contributed by atoms with van der Waals surface area (Å²) in [5, 5.41) is 3.35. The van der Waals surface area contributed by atoms with Crippen LogP contribution < -0.4 is 10.1 Å². The standard InChI is InChI=1S/C16H23FN2O2/c1-12-13(2)19(10-9-18-12)16(20)8-5-11-21-15-7-4-3-6-14(15)17/h3-4,6-7,12-13,18H,5,8-11H2,1-2H3. The zero-order valence-electron chi connectivity index (χ0n) is 12.6. The molecule has 1 saturated heterocycles. The maximum atomic E-state index is 13.4. The second-order valence-electron chi connectivity index (χ2n) is 5.45. The molecule has 1 aliphatic rings. The van der Waals surface area contributed by atoms with Gasteiger partial charge in [-0.25, -0.2) is 4.39 Å². The molecule has 0 spiro atoms. The van der Waals surface area contributed by atoms with Gasteiger partial charge >= 0.3 is 0 Å². The van der Waals surface area contributed by atoms with Crippen LogP contribution in [0, 0.1) is 5.82 Å². The lowest BCUT2D eigenvalue weighted by molar-refractivity contribution is -0.135. The molecular weight excluding hydrogens is 271 g/mol. The van der Waals surface area contributed by atoms with E-state index in [2.05, 4.69) is 19.2 Å². The number of nitrogens with one attached hydrogen (secondary N) is 1. The molecule has 5 heteroatoms. The summed E-state index contributed by atoms with van der Waals surface area (Å²) in [4.78, 5) is 14.1. The van der Waals surface area contributed by atoms with Crippen LogP contribution in [0.15, 0.2) is 24.3 Å². The molecule has 0 saturated carbocycles. The first-order valence-electron chi connectivity index (χ1n) is 7.50. The third-order valence-corrected chi connectivity index (χ3v) is 3.98. The van der Waals surface area contributed by atoms with Gasteiger partial charge in [0, 0.05) is 31.6 Å². The van der Waals surface area contributed by atoms with Gasteiger partial charge in [-0.2, -0.15) is 0 Å². The van der Waals surface area contributed by atoms with Gasteiger partial charge in [0.15, 0.2) is 11.6 Å². The highest BCUT2D eigenvalue weighted by molar-refractivity contribution is 5.76. The second kappa shape index (κ2) is 7.41. The molecule has 1 heterocycles. The first kappa shape index (κ1) is 15.8. The molecule has 2 rings (SSSR count). The maximum Gasteiger partial charge on any atom is 0.223 e. The van der Waals surface area contributed by atoms with E-state index in [0.717, 1.165) is 13.1 Å². The van der Waals surface area contributed by atoms with E-state index in [1.165, 1.54) is 6.07 Å². The van der Waals surface area contributed by atoms with Crippen molar-refractivity contribution < 1.29 is 13.9 Å². The van der Waals surface area contributed by atoms with Crippen molar-refractivity contribution in [1.29, 1.82) is 0 Å². The molecule has 0 aromatic heterocycles. The smallest absolute Gasteiger partial charge is 0.223 e. The van der Waals surface area contributed by atoms with Crippen molar-refractivity contribution in [3.63, 3.8) is 0 Å². The van der Waals surface area contributed by atoms with Crippen LogP contribution in [0.25, 0.3) is 0 Å². The highest BCUT2D eigenvalue weighted by Gasteiger charge is 2.27. The fraction of sp³-hybridized carbons (Fsp3) is 0.562. The normalized spacial score (nSPS) is 22.1. The molecule has 1 fully saturated rings. The summed E-state index contributed by atoms with van der Waals surface area (Å²) in [7, 11) is 0. The van der Waals surface area contributed by atoms with Crippen molar-refractivity contribution >= 4 is 5.91 Å². The number of hydrogen-bond acceptors (Lipinski definition) is 3. The minimum absolute atomic E-state index is 0.146. The number of nitrogens with zero attached hydrogens (tertiary/aromatic N) is 1. The number of rotatable bonds is 5. The third-order valence-electron chi connectivity index (χ3n) is 3.98. The molecular formula is C16H23FN2O2. The predicted octanol–water partition coefficient (Wildman–Crippen LogP) is 2.19. The van der Waals surface area contributed by atoms with E-state index in [1.807, 2.05) is 4.90 Å². The summed E-state index contributed by atoms with van der Waals surface area (Å²) < 4.78 is 18.7. The number of carbonyl (C=O) groups is 1. The van der Waals surface area contributed by atoms with Gasteiger partial charge in [0.05, 0.1) is 6.61 Å². The predicted molar refractivity (Wildman–Crippen MR) is 79.8 cm³/mol. The van der Waals surface area contributed by atoms with Crippen LogP contribution in [0.2, 0.25) is 0 Å². The van der Waals surface area contributed by atoms with Gasteiger partial charge in [-0.15, -0.1) is 0 Å². The summed E-state index contributed by atoms with van der Waals surface area (Å²) in [5.41, 5.74) is 0. The Morgan fingerprint density at radius 1 is 1.43 bits per heavy atom. The molecule has 21 heavy (non-hydrogen) atoms. The fourth-order valence-corrected chi connectivity index (χ4v) is 2.52. The highest BCUT2D eigenvalue weighted by Crippen LogP contribution is 2.16. The second-order valence-corrected chi connectivity index (χ2v) is 5.45. The van der Waals surface area contributed by atoms with E-state index < -0.39 is 0 Å². The number of para-hydroxylation sites is 1. The molecule has 1 aromatic rings. The average molecular weight is 294 g/mol. The Hall–Kier alpha value is -1.62. The number of piperazine rings is 1. The van der Waals surface area contributed by atoms with Crippen LogP contribution in [0.1, 0.15) is 26.7 Å². The molecule has 1 amide bonds. The minimum Gasteiger partial charge on any atom is -0.491 e. The van der Waals surface area contributed by atoms with Crippen molar-refractivity contribution in [2.75, 3.05) is 19.7 Å². The van der Waals surface area contributed by atoms with Crippen LogP contribution >= 0.6 is 0 Å². The van der Waals surface area contributed by atoms with Crippen molar-refractivity contribution in [3.8, 4) is 5.75 Å². The van der Waals surface area contributed by atoms with Gasteiger partial charge < -0.3 is 15.0 Å². The van der Waals surface area contributed by atoms with E-state index >= 15 is 0 Å². The lowest BCUT2D eigenvalue weighted by Gasteiger charge is -2.38. The molecule has 1 aliphatic heterocycles. The van der Waals surface area contributed by atoms with Crippen LogP contribution in [-0.4, -0.2) is 42.6 Å². The topological polar surface area (TPSA) is 41.6 Å². The zero-order chi connectivity index (χ0) is 15.2. The van der Waals surface area contributed by atoms with Crippen molar-refractivity contribution in [1.82, 2.24) is 10.2 Å². The number of ether oxygens (including phenoxy) is 1. The van der Waals surface area contributed by atoms with Crippen molar-refractivity contribution in [2.45, 2.75) is 38.8 Å². The first-order valence-corrected chi connectivity index (χ1v) is 7.50. The Morgan fingerprint density at radius 3 is 2.95 bits per heavy atom. The van der Waals surface area contributed by atoms with E-state index in [-0.39, 0.29) is 23.5 Å². The Kier molecular flexibility index (Phi) is 5.56. The van der Waals surface area contributed by atoms with Gasteiger partial charge in [-0.3, -0.25) is 4.79 Å². The van der Waals surface area contributed by atoms with E-state index in [0.29, 0.717) is 25.5 Å². The molecule has 2 unspecified atom stereocenters. The molecule has 4 nitrogen and oxygen atoms in total. The highest BCUT2D eigenvalue weighted by atomic mass is 19.1. The monoisotopic (exact) mass is 294 g/mol. The quantitative estimate of drug-likeness (QED) is 0.847. The summed E-state index contributed by atoms with van der Waals surface area (Å²) in [6.45, 7) is 6.08. The minimum atomic E-state index is -0.367. The largest absolute Gasteiger partial charge is 0.491 e. The Balaban J connectivity index is 1.73. The number of amides is 1. The van der Waals surface area contributed by atoms with Crippen molar-refractivity contribution in [3.05, 3.63) is 30.1 Å². The third kappa shape index (κ3) is 4.17. The molecule has 2 atom stereocenters. The van der Waals surface area contributed by atoms with Gasteiger partial charge in [0.2, 0.25) is 5.91 Å². The molecule has 116 valence electrons. The van der Waals surface area contributed by atoms with Gasteiger partial charge in [-0.05, 0) is 32.4 Å². The number of carbonyl (C=O) groups excluding carboxylic acids is 1. The van der Waals surface area contributed by atoms with Crippen LogP contribution in [0.4, 0.5) is 4.39 Å². The first-order chi connectivity index (χ1) is 10.1. The Bertz CT molecular complexity index is 481. The Labute approximate surface area is 125 Å². The van der Waals surface area contributed by atoms with Crippen LogP contribution in [0.5, 0.6) is 5.75 Å². The van der Waals surface area contributed by atoms with Crippen molar-refractivity contribution in [2.24, 2.45) is 0 Å². The lowest BCUT2D eigenvalue weighted by Crippen LogP contribution is -2.57. The number of halogens is 1. The van der Waals surface area contributed by atoms with Crippen LogP contribution in [0.3, 0.4) is 0 Å². The van der Waals surface area contributed by atoms with E-state index in [9.17, 15) is 9.18 Å². The SMILES string of the molecule is CC1NCCN(C(=O)CCCOc2ccccc2F)C1C. The van der Waals surface area contributed by atoms with Gasteiger partial charge in [0.25, 0.3) is 0 Å². The van der Waals surface area contributed by atoms with Crippen LogP contribution in [-0.2, 0) is 4.79 Å².